The van der Waals surface area contributed by atoms with Crippen LogP contribution < -0.4 is 9.47 Å². The van der Waals surface area contributed by atoms with Crippen LogP contribution >= 0.6 is 0 Å². The lowest BCUT2D eigenvalue weighted by atomic mass is 9.88. The highest BCUT2D eigenvalue weighted by Gasteiger charge is 2.19. The van der Waals surface area contributed by atoms with E-state index in [2.05, 4.69) is 53.7 Å². The van der Waals surface area contributed by atoms with Crippen molar-refractivity contribution in [2.75, 3.05) is 13.2 Å². The SMILES string of the molecule is CCCc1c(OCCCOc2ccc(CC(=O)O)cc2CC(C)C)ccc2c(CC(C)(C)C)coc12. The molecule has 0 aliphatic heterocycles. The van der Waals surface area contributed by atoms with Gasteiger partial charge in [0.2, 0.25) is 0 Å². The summed E-state index contributed by atoms with van der Waals surface area (Å²) in [4.78, 5) is 11.1. The number of carboxylic acids is 1. The van der Waals surface area contributed by atoms with Gasteiger partial charge >= 0.3 is 5.97 Å². The van der Waals surface area contributed by atoms with Crippen molar-refractivity contribution in [3.63, 3.8) is 0 Å². The summed E-state index contributed by atoms with van der Waals surface area (Å²) in [6.07, 6.45) is 6.42. The Morgan fingerprint density at radius 3 is 2.36 bits per heavy atom. The van der Waals surface area contributed by atoms with Gasteiger partial charge in [-0.3, -0.25) is 4.79 Å². The van der Waals surface area contributed by atoms with E-state index in [1.807, 2.05) is 24.5 Å². The molecule has 1 heterocycles. The summed E-state index contributed by atoms with van der Waals surface area (Å²) in [7, 11) is 0. The lowest BCUT2D eigenvalue weighted by Gasteiger charge is -2.17. The summed E-state index contributed by atoms with van der Waals surface area (Å²) < 4.78 is 18.3. The fourth-order valence-corrected chi connectivity index (χ4v) is 4.60. The summed E-state index contributed by atoms with van der Waals surface area (Å²) in [5, 5.41) is 10.3. The highest BCUT2D eigenvalue weighted by atomic mass is 16.5. The maximum absolute atomic E-state index is 11.1. The molecule has 5 heteroatoms. The van der Waals surface area contributed by atoms with Gasteiger partial charge in [0.15, 0.2) is 0 Å². The van der Waals surface area contributed by atoms with Crippen LogP contribution in [-0.2, 0) is 30.5 Å². The molecule has 0 atom stereocenters. The van der Waals surface area contributed by atoms with Gasteiger partial charge in [0.25, 0.3) is 0 Å². The number of hydrogen-bond acceptors (Lipinski definition) is 4. The highest BCUT2D eigenvalue weighted by molar-refractivity contribution is 5.86. The second-order valence-corrected chi connectivity index (χ2v) is 11.3. The first-order chi connectivity index (χ1) is 17.1. The third-order valence-corrected chi connectivity index (χ3v) is 6.02. The molecule has 36 heavy (non-hydrogen) atoms. The Kier molecular flexibility index (Phi) is 9.47. The van der Waals surface area contributed by atoms with Gasteiger partial charge in [0.05, 0.1) is 25.9 Å². The lowest BCUT2D eigenvalue weighted by Crippen LogP contribution is -2.09. The van der Waals surface area contributed by atoms with Crippen LogP contribution in [0.5, 0.6) is 11.5 Å². The summed E-state index contributed by atoms with van der Waals surface area (Å²) in [5.41, 5.74) is 5.40. The molecular formula is C31H42O5. The topological polar surface area (TPSA) is 68.9 Å². The molecule has 196 valence electrons. The minimum Gasteiger partial charge on any atom is -0.493 e. The Morgan fingerprint density at radius 2 is 1.72 bits per heavy atom. The van der Waals surface area contributed by atoms with Gasteiger partial charge in [-0.1, -0.05) is 60.1 Å². The number of aliphatic carboxylic acids is 1. The first-order valence-electron chi connectivity index (χ1n) is 13.2. The van der Waals surface area contributed by atoms with Gasteiger partial charge in [-0.2, -0.15) is 0 Å². The molecule has 0 aliphatic rings. The van der Waals surface area contributed by atoms with Gasteiger partial charge in [0, 0.05) is 17.4 Å². The van der Waals surface area contributed by atoms with Crippen LogP contribution in [0.25, 0.3) is 11.0 Å². The monoisotopic (exact) mass is 494 g/mol. The number of aryl methyl sites for hydroxylation is 1. The van der Waals surface area contributed by atoms with Crippen LogP contribution in [0.3, 0.4) is 0 Å². The molecule has 0 amide bonds. The number of furan rings is 1. The molecule has 0 saturated heterocycles. The molecule has 0 bridgehead atoms. The van der Waals surface area contributed by atoms with E-state index in [-0.39, 0.29) is 11.8 Å². The van der Waals surface area contributed by atoms with E-state index in [4.69, 9.17) is 19.0 Å². The van der Waals surface area contributed by atoms with Crippen molar-refractivity contribution < 1.29 is 23.8 Å². The number of hydrogen-bond donors (Lipinski definition) is 1. The predicted octanol–water partition coefficient (Wildman–Crippen LogP) is 7.65. The van der Waals surface area contributed by atoms with Crippen LogP contribution in [0.4, 0.5) is 0 Å². The molecule has 0 radical (unpaired) electrons. The van der Waals surface area contributed by atoms with E-state index in [0.717, 1.165) is 65.9 Å². The summed E-state index contributed by atoms with van der Waals surface area (Å²) >= 11 is 0. The third kappa shape index (κ3) is 7.78. The highest BCUT2D eigenvalue weighted by Crippen LogP contribution is 2.35. The molecule has 3 rings (SSSR count). The van der Waals surface area contributed by atoms with Crippen molar-refractivity contribution in [1.82, 2.24) is 0 Å². The Balaban J connectivity index is 1.63. The van der Waals surface area contributed by atoms with Crippen molar-refractivity contribution in [1.29, 1.82) is 0 Å². The first kappa shape index (κ1) is 27.6. The van der Waals surface area contributed by atoms with Crippen LogP contribution in [0.15, 0.2) is 41.0 Å². The maximum atomic E-state index is 11.1. The summed E-state index contributed by atoms with van der Waals surface area (Å²) in [5.74, 6) is 1.34. The molecule has 0 unspecified atom stereocenters. The standard InChI is InChI=1S/C31H42O5/c1-7-9-26-28(13-11-25-24(19-31(4,5)6)20-36-30(25)26)35-15-8-14-34-27-12-10-22(18-29(32)33)17-23(27)16-21(2)3/h10-13,17,20-21H,7-9,14-16,18-19H2,1-6H3,(H,32,33). The van der Waals surface area contributed by atoms with Crippen molar-refractivity contribution in [2.45, 2.75) is 80.1 Å². The summed E-state index contributed by atoms with van der Waals surface area (Å²) in [6.45, 7) is 14.3. The zero-order valence-corrected chi connectivity index (χ0v) is 22.8. The fraction of sp³-hybridized carbons (Fsp3) is 0.516. The minimum atomic E-state index is -0.822. The predicted molar refractivity (Wildman–Crippen MR) is 145 cm³/mol. The number of rotatable bonds is 13. The number of ether oxygens (including phenoxy) is 2. The Hall–Kier alpha value is -2.95. The largest absolute Gasteiger partial charge is 0.493 e. The second-order valence-electron chi connectivity index (χ2n) is 11.3. The second kappa shape index (κ2) is 12.3. The van der Waals surface area contributed by atoms with Gasteiger partial charge in [-0.25, -0.2) is 0 Å². The molecular weight excluding hydrogens is 452 g/mol. The average Bonchev–Trinajstić information content (AvgIpc) is 3.16. The molecule has 2 aromatic carbocycles. The number of carbonyl (C=O) groups is 1. The van der Waals surface area contributed by atoms with Crippen LogP contribution in [0.1, 0.15) is 76.6 Å². The number of carboxylic acid groups (broad SMARTS) is 1. The van der Waals surface area contributed by atoms with E-state index < -0.39 is 5.97 Å². The van der Waals surface area contributed by atoms with Crippen molar-refractivity contribution in [3.05, 3.63) is 58.8 Å². The quantitative estimate of drug-likeness (QED) is 0.247. The van der Waals surface area contributed by atoms with E-state index in [1.165, 1.54) is 10.9 Å². The van der Waals surface area contributed by atoms with Crippen molar-refractivity contribution in [3.8, 4) is 11.5 Å². The molecule has 0 aliphatic carbocycles. The molecule has 0 saturated carbocycles. The fourth-order valence-electron chi connectivity index (χ4n) is 4.60. The number of fused-ring (bicyclic) bond motifs is 1. The molecule has 3 aromatic rings. The summed E-state index contributed by atoms with van der Waals surface area (Å²) in [6, 6.07) is 9.91. The third-order valence-electron chi connectivity index (χ3n) is 6.02. The van der Waals surface area contributed by atoms with E-state index in [9.17, 15) is 4.79 Å². The molecule has 0 spiro atoms. The Labute approximate surface area is 215 Å². The lowest BCUT2D eigenvalue weighted by molar-refractivity contribution is -0.136. The van der Waals surface area contributed by atoms with Crippen LogP contribution in [-0.4, -0.2) is 24.3 Å². The van der Waals surface area contributed by atoms with Crippen LogP contribution in [0, 0.1) is 11.3 Å². The zero-order valence-electron chi connectivity index (χ0n) is 22.8. The smallest absolute Gasteiger partial charge is 0.307 e. The number of benzene rings is 2. The normalized spacial score (nSPS) is 11.9. The average molecular weight is 495 g/mol. The van der Waals surface area contributed by atoms with Gasteiger partial charge in [-0.15, -0.1) is 0 Å². The van der Waals surface area contributed by atoms with Crippen molar-refractivity contribution in [2.24, 2.45) is 11.3 Å². The Morgan fingerprint density at radius 1 is 1.03 bits per heavy atom. The zero-order chi connectivity index (χ0) is 26.3. The van der Waals surface area contributed by atoms with E-state index in [1.54, 1.807) is 0 Å². The van der Waals surface area contributed by atoms with Gasteiger partial charge in [-0.05, 0) is 65.5 Å². The molecule has 1 N–H and O–H groups in total. The minimum absolute atomic E-state index is 0.0248. The molecule has 5 nitrogen and oxygen atoms in total. The first-order valence-corrected chi connectivity index (χ1v) is 13.2. The van der Waals surface area contributed by atoms with Gasteiger partial charge < -0.3 is 19.0 Å². The van der Waals surface area contributed by atoms with Crippen LogP contribution in [0.2, 0.25) is 0 Å². The van der Waals surface area contributed by atoms with Crippen molar-refractivity contribution >= 4 is 16.9 Å². The maximum Gasteiger partial charge on any atom is 0.307 e. The van der Waals surface area contributed by atoms with E-state index >= 15 is 0 Å². The molecule has 1 aromatic heterocycles. The van der Waals surface area contributed by atoms with Gasteiger partial charge in [0.1, 0.15) is 17.1 Å². The van der Waals surface area contributed by atoms with E-state index in [0.29, 0.717) is 19.1 Å². The Bertz CT molecular complexity index is 1150. The molecule has 0 fully saturated rings.